The summed E-state index contributed by atoms with van der Waals surface area (Å²) < 4.78 is 5.39. The lowest BCUT2D eigenvalue weighted by atomic mass is 9.92. The van der Waals surface area contributed by atoms with Crippen LogP contribution in [0.2, 0.25) is 0 Å². The Morgan fingerprint density at radius 3 is 2.89 bits per heavy atom. The second kappa shape index (κ2) is 5.43. The summed E-state index contributed by atoms with van der Waals surface area (Å²) in [5.41, 5.74) is 0.529. The van der Waals surface area contributed by atoms with Crippen LogP contribution in [0.15, 0.2) is 24.5 Å². The van der Waals surface area contributed by atoms with Crippen molar-refractivity contribution in [3.63, 3.8) is 0 Å². The average Bonchev–Trinajstić information content (AvgIpc) is 2.71. The molecule has 0 radical (unpaired) electrons. The van der Waals surface area contributed by atoms with Gasteiger partial charge in [-0.15, -0.1) is 0 Å². The number of carbonyl (C=O) groups is 1. The molecule has 6 heteroatoms. The first kappa shape index (κ1) is 12.9. The molecule has 1 saturated heterocycles. The SMILES string of the molecule is O=C(O)C(c1cccnc1)C1C[C@H](O)[C@@H](CO)O1. The molecule has 1 fully saturated rings. The summed E-state index contributed by atoms with van der Waals surface area (Å²) in [6, 6.07) is 3.31. The summed E-state index contributed by atoms with van der Waals surface area (Å²) in [6.45, 7) is -0.322. The number of carboxylic acid groups (broad SMARTS) is 1. The molecular formula is C12H15NO5. The molecule has 1 aromatic heterocycles. The van der Waals surface area contributed by atoms with Crippen molar-refractivity contribution in [1.29, 1.82) is 0 Å². The molecule has 3 N–H and O–H groups in total. The van der Waals surface area contributed by atoms with Gasteiger partial charge in [-0.3, -0.25) is 9.78 Å². The van der Waals surface area contributed by atoms with E-state index in [1.807, 2.05) is 0 Å². The predicted octanol–water partition coefficient (Wildman–Crippen LogP) is -0.239. The van der Waals surface area contributed by atoms with Crippen LogP contribution in [0, 0.1) is 0 Å². The maximum atomic E-state index is 11.3. The minimum Gasteiger partial charge on any atom is -0.481 e. The Morgan fingerprint density at radius 2 is 2.39 bits per heavy atom. The van der Waals surface area contributed by atoms with E-state index in [9.17, 15) is 15.0 Å². The van der Waals surface area contributed by atoms with Crippen LogP contribution in [0.4, 0.5) is 0 Å². The molecule has 98 valence electrons. The molecule has 4 atom stereocenters. The molecule has 1 aliphatic rings. The zero-order chi connectivity index (χ0) is 13.1. The van der Waals surface area contributed by atoms with Gasteiger partial charge in [0, 0.05) is 18.8 Å². The number of aliphatic hydroxyl groups excluding tert-OH is 2. The molecule has 1 aliphatic heterocycles. The number of aliphatic hydroxyl groups is 2. The average molecular weight is 253 g/mol. The van der Waals surface area contributed by atoms with E-state index in [1.165, 1.54) is 6.20 Å². The van der Waals surface area contributed by atoms with Gasteiger partial charge < -0.3 is 20.1 Å². The number of rotatable bonds is 4. The van der Waals surface area contributed by atoms with Crippen molar-refractivity contribution < 1.29 is 24.9 Å². The van der Waals surface area contributed by atoms with E-state index in [4.69, 9.17) is 9.84 Å². The third-order valence-corrected chi connectivity index (χ3v) is 3.11. The molecule has 0 aliphatic carbocycles. The smallest absolute Gasteiger partial charge is 0.313 e. The fourth-order valence-electron chi connectivity index (χ4n) is 2.22. The van der Waals surface area contributed by atoms with Crippen LogP contribution in [0.3, 0.4) is 0 Å². The Kier molecular flexibility index (Phi) is 3.90. The first-order chi connectivity index (χ1) is 8.63. The van der Waals surface area contributed by atoms with Crippen LogP contribution < -0.4 is 0 Å². The van der Waals surface area contributed by atoms with Gasteiger partial charge in [0.25, 0.3) is 0 Å². The minimum absolute atomic E-state index is 0.192. The van der Waals surface area contributed by atoms with Crippen molar-refractivity contribution in [2.45, 2.75) is 30.7 Å². The normalized spacial score (nSPS) is 29.1. The fourth-order valence-corrected chi connectivity index (χ4v) is 2.22. The summed E-state index contributed by atoms with van der Waals surface area (Å²) in [4.78, 5) is 15.2. The standard InChI is InChI=1S/C12H15NO5/c14-6-10-8(15)4-9(18-10)11(12(16)17)7-2-1-3-13-5-7/h1-3,5,8-11,14-15H,4,6H2,(H,16,17)/t8-,9?,10+,11?/m0/s1. The lowest BCUT2D eigenvalue weighted by molar-refractivity contribution is -0.143. The highest BCUT2D eigenvalue weighted by atomic mass is 16.5. The monoisotopic (exact) mass is 253 g/mol. The van der Waals surface area contributed by atoms with Crippen LogP contribution in [0.5, 0.6) is 0 Å². The van der Waals surface area contributed by atoms with Crippen molar-refractivity contribution in [2.75, 3.05) is 6.61 Å². The zero-order valence-corrected chi connectivity index (χ0v) is 9.64. The minimum atomic E-state index is -1.03. The largest absolute Gasteiger partial charge is 0.481 e. The molecule has 0 aromatic carbocycles. The maximum absolute atomic E-state index is 11.3. The van der Waals surface area contributed by atoms with Crippen LogP contribution in [0.1, 0.15) is 17.9 Å². The van der Waals surface area contributed by atoms with E-state index in [2.05, 4.69) is 4.98 Å². The molecule has 6 nitrogen and oxygen atoms in total. The summed E-state index contributed by atoms with van der Waals surface area (Å²) in [5.74, 6) is -1.91. The van der Waals surface area contributed by atoms with Crippen LogP contribution in [-0.2, 0) is 9.53 Å². The van der Waals surface area contributed by atoms with Gasteiger partial charge in [0.15, 0.2) is 0 Å². The Labute approximate surface area is 104 Å². The molecule has 0 spiro atoms. The highest BCUT2D eigenvalue weighted by Crippen LogP contribution is 2.32. The molecular weight excluding hydrogens is 238 g/mol. The van der Waals surface area contributed by atoms with E-state index < -0.39 is 30.2 Å². The second-order valence-corrected chi connectivity index (χ2v) is 4.30. The van der Waals surface area contributed by atoms with Crippen LogP contribution in [-0.4, -0.2) is 51.2 Å². The van der Waals surface area contributed by atoms with Gasteiger partial charge in [0.2, 0.25) is 0 Å². The number of hydrogen-bond donors (Lipinski definition) is 3. The van der Waals surface area contributed by atoms with Crippen LogP contribution >= 0.6 is 0 Å². The molecule has 2 unspecified atom stereocenters. The molecule has 2 rings (SSSR count). The quantitative estimate of drug-likeness (QED) is 0.685. The third-order valence-electron chi connectivity index (χ3n) is 3.11. The predicted molar refractivity (Wildman–Crippen MR) is 61.0 cm³/mol. The number of aliphatic carboxylic acids is 1. The Balaban J connectivity index is 2.20. The summed E-state index contributed by atoms with van der Waals surface area (Å²) in [5, 5.41) is 27.9. The van der Waals surface area contributed by atoms with Gasteiger partial charge in [-0.25, -0.2) is 0 Å². The molecule has 0 bridgehead atoms. The Hall–Kier alpha value is -1.50. The van der Waals surface area contributed by atoms with Gasteiger partial charge >= 0.3 is 5.97 Å². The molecule has 0 amide bonds. The van der Waals surface area contributed by atoms with E-state index in [1.54, 1.807) is 18.3 Å². The number of aromatic nitrogens is 1. The second-order valence-electron chi connectivity index (χ2n) is 4.30. The highest BCUT2D eigenvalue weighted by Gasteiger charge is 2.41. The summed E-state index contributed by atoms with van der Waals surface area (Å²) in [7, 11) is 0. The number of nitrogens with zero attached hydrogens (tertiary/aromatic N) is 1. The topological polar surface area (TPSA) is 99.9 Å². The molecule has 1 aromatic rings. The Morgan fingerprint density at radius 1 is 1.61 bits per heavy atom. The molecule has 18 heavy (non-hydrogen) atoms. The van der Waals surface area contributed by atoms with Gasteiger partial charge in [-0.05, 0) is 11.6 Å². The van der Waals surface area contributed by atoms with E-state index in [0.717, 1.165) is 0 Å². The third kappa shape index (κ3) is 2.50. The number of ether oxygens (including phenoxy) is 1. The van der Waals surface area contributed by atoms with E-state index in [-0.39, 0.29) is 13.0 Å². The first-order valence-electron chi connectivity index (χ1n) is 5.70. The highest BCUT2D eigenvalue weighted by molar-refractivity contribution is 5.76. The van der Waals surface area contributed by atoms with Crippen molar-refractivity contribution in [1.82, 2.24) is 4.98 Å². The van der Waals surface area contributed by atoms with Gasteiger partial charge in [-0.2, -0.15) is 0 Å². The Bertz CT molecular complexity index is 410. The lowest BCUT2D eigenvalue weighted by Gasteiger charge is -2.19. The summed E-state index contributed by atoms with van der Waals surface area (Å²) >= 11 is 0. The van der Waals surface area contributed by atoms with Gasteiger partial charge in [-0.1, -0.05) is 6.07 Å². The van der Waals surface area contributed by atoms with E-state index >= 15 is 0 Å². The van der Waals surface area contributed by atoms with Gasteiger partial charge in [0.1, 0.15) is 12.0 Å². The maximum Gasteiger partial charge on any atom is 0.313 e. The van der Waals surface area contributed by atoms with Gasteiger partial charge in [0.05, 0.1) is 18.8 Å². The van der Waals surface area contributed by atoms with E-state index in [0.29, 0.717) is 5.56 Å². The molecule has 2 heterocycles. The zero-order valence-electron chi connectivity index (χ0n) is 9.64. The molecule has 0 saturated carbocycles. The first-order valence-corrected chi connectivity index (χ1v) is 5.70. The van der Waals surface area contributed by atoms with Crippen LogP contribution in [0.25, 0.3) is 0 Å². The number of carboxylic acids is 1. The fraction of sp³-hybridized carbons (Fsp3) is 0.500. The number of pyridine rings is 1. The van der Waals surface area contributed by atoms with Crippen molar-refractivity contribution in [2.24, 2.45) is 0 Å². The van der Waals surface area contributed by atoms with Crippen molar-refractivity contribution in [3.8, 4) is 0 Å². The van der Waals surface area contributed by atoms with Crippen molar-refractivity contribution >= 4 is 5.97 Å². The lowest BCUT2D eigenvalue weighted by Crippen LogP contribution is -2.27. The van der Waals surface area contributed by atoms with Crippen molar-refractivity contribution in [3.05, 3.63) is 30.1 Å². The number of hydrogen-bond acceptors (Lipinski definition) is 5. The summed E-state index contributed by atoms with van der Waals surface area (Å²) in [6.07, 6.45) is 1.02.